The summed E-state index contributed by atoms with van der Waals surface area (Å²) in [6, 6.07) is 11.5. The van der Waals surface area contributed by atoms with E-state index in [-0.39, 0.29) is 11.8 Å². The smallest absolute Gasteiger partial charge is 0.408 e. The van der Waals surface area contributed by atoms with Crippen molar-refractivity contribution in [3.63, 3.8) is 0 Å². The predicted octanol–water partition coefficient (Wildman–Crippen LogP) is 4.51. The van der Waals surface area contributed by atoms with Crippen molar-refractivity contribution in [1.29, 1.82) is 0 Å². The van der Waals surface area contributed by atoms with Crippen molar-refractivity contribution in [2.75, 3.05) is 0 Å². The molecule has 0 atom stereocenters. The van der Waals surface area contributed by atoms with Gasteiger partial charge in [0.05, 0.1) is 5.52 Å². The van der Waals surface area contributed by atoms with Gasteiger partial charge in [0.15, 0.2) is 5.58 Å². The molecule has 0 saturated carbocycles. The summed E-state index contributed by atoms with van der Waals surface area (Å²) in [7, 11) is 0. The van der Waals surface area contributed by atoms with E-state index in [0.717, 1.165) is 16.6 Å². The van der Waals surface area contributed by atoms with E-state index >= 15 is 0 Å². The minimum absolute atomic E-state index is 0.0242. The Labute approximate surface area is 150 Å². The van der Waals surface area contributed by atoms with Crippen LogP contribution in [0, 0.1) is 13.8 Å². The second kappa shape index (κ2) is 5.98. The molecule has 4 aromatic rings. The van der Waals surface area contributed by atoms with Gasteiger partial charge in [0, 0.05) is 17.2 Å². The van der Waals surface area contributed by atoms with E-state index in [1.165, 1.54) is 11.1 Å². The molecule has 4 rings (SSSR count). The van der Waals surface area contributed by atoms with Gasteiger partial charge in [-0.25, -0.2) is 4.79 Å². The number of fused-ring (bicyclic) bond motifs is 1. The lowest BCUT2D eigenvalue weighted by atomic mass is 10.1. The van der Waals surface area contributed by atoms with Gasteiger partial charge in [-0.3, -0.25) is 4.57 Å². The largest absolute Gasteiger partial charge is 0.420 e. The molecule has 132 valence electrons. The number of hydrogen-bond donors (Lipinski definition) is 0. The first-order valence-electron chi connectivity index (χ1n) is 8.51. The number of aromatic nitrogens is 3. The first-order valence-corrected chi connectivity index (χ1v) is 8.51. The summed E-state index contributed by atoms with van der Waals surface area (Å²) >= 11 is 0. The molecule has 0 N–H and O–H groups in total. The van der Waals surface area contributed by atoms with Crippen LogP contribution < -0.4 is 5.76 Å². The molecule has 6 heteroatoms. The van der Waals surface area contributed by atoms with Crippen LogP contribution in [-0.2, 0) is 0 Å². The van der Waals surface area contributed by atoms with Crippen LogP contribution in [0.5, 0.6) is 0 Å². The molecule has 6 nitrogen and oxygen atoms in total. The van der Waals surface area contributed by atoms with Gasteiger partial charge in [0.25, 0.3) is 5.89 Å². The van der Waals surface area contributed by atoms with Crippen LogP contribution in [0.4, 0.5) is 0 Å². The number of hydrogen-bond acceptors (Lipinski definition) is 5. The van der Waals surface area contributed by atoms with Gasteiger partial charge < -0.3 is 8.94 Å². The Balaban J connectivity index is 1.75. The van der Waals surface area contributed by atoms with E-state index in [1.807, 2.05) is 51.1 Å². The van der Waals surface area contributed by atoms with E-state index in [0.29, 0.717) is 17.3 Å². The summed E-state index contributed by atoms with van der Waals surface area (Å²) in [4.78, 5) is 16.5. The normalized spacial score (nSPS) is 11.6. The zero-order valence-electron chi connectivity index (χ0n) is 15.1. The average molecular weight is 349 g/mol. The van der Waals surface area contributed by atoms with Crippen LogP contribution in [0.2, 0.25) is 0 Å². The maximum atomic E-state index is 12.0. The third kappa shape index (κ3) is 2.63. The van der Waals surface area contributed by atoms with Crippen molar-refractivity contribution in [3.8, 4) is 22.8 Å². The van der Waals surface area contributed by atoms with E-state index < -0.39 is 0 Å². The van der Waals surface area contributed by atoms with Gasteiger partial charge in [-0.2, -0.15) is 4.98 Å². The number of oxazole rings is 1. The third-order valence-corrected chi connectivity index (χ3v) is 4.57. The molecular weight excluding hydrogens is 330 g/mol. The number of aryl methyl sites for hydroxylation is 2. The molecule has 0 fully saturated rings. The van der Waals surface area contributed by atoms with E-state index in [2.05, 4.69) is 17.1 Å². The fourth-order valence-corrected chi connectivity index (χ4v) is 3.00. The minimum atomic E-state index is -0.365. The summed E-state index contributed by atoms with van der Waals surface area (Å²) in [5, 5.41) is 4.07. The first kappa shape index (κ1) is 16.3. The lowest BCUT2D eigenvalue weighted by Crippen LogP contribution is -2.15. The molecule has 2 aromatic heterocycles. The lowest BCUT2D eigenvalue weighted by molar-refractivity contribution is 0.432. The van der Waals surface area contributed by atoms with Gasteiger partial charge in [0.2, 0.25) is 5.82 Å². The van der Waals surface area contributed by atoms with Crippen LogP contribution in [0.25, 0.3) is 33.9 Å². The van der Waals surface area contributed by atoms with Gasteiger partial charge in [-0.15, -0.1) is 0 Å². The molecule has 0 bridgehead atoms. The van der Waals surface area contributed by atoms with E-state index in [9.17, 15) is 4.79 Å². The maximum absolute atomic E-state index is 12.0. The Morgan fingerprint density at radius 2 is 1.77 bits per heavy atom. The summed E-state index contributed by atoms with van der Waals surface area (Å²) in [5.74, 6) is 0.556. The van der Waals surface area contributed by atoms with Gasteiger partial charge >= 0.3 is 5.76 Å². The van der Waals surface area contributed by atoms with Crippen molar-refractivity contribution in [2.24, 2.45) is 0 Å². The standard InChI is InChI=1S/C20H19N3O3/c1-11(2)23-16-8-7-14(10-17(16)25-20(23)24)18-21-19(26-22-18)15-6-5-12(3)13(4)9-15/h5-11H,1-4H3. The molecule has 2 aromatic carbocycles. The second-order valence-electron chi connectivity index (χ2n) is 6.74. The maximum Gasteiger partial charge on any atom is 0.420 e. The monoisotopic (exact) mass is 349 g/mol. The number of benzene rings is 2. The van der Waals surface area contributed by atoms with Crippen molar-refractivity contribution in [3.05, 3.63) is 58.1 Å². The highest BCUT2D eigenvalue weighted by Crippen LogP contribution is 2.26. The fraction of sp³-hybridized carbons (Fsp3) is 0.250. The third-order valence-electron chi connectivity index (χ3n) is 4.57. The summed E-state index contributed by atoms with van der Waals surface area (Å²) in [6.45, 7) is 7.99. The molecule has 2 heterocycles. The van der Waals surface area contributed by atoms with E-state index in [1.54, 1.807) is 10.6 Å². The highest BCUT2D eigenvalue weighted by Gasteiger charge is 2.16. The summed E-state index contributed by atoms with van der Waals surface area (Å²) in [5.41, 5.74) is 5.26. The van der Waals surface area contributed by atoms with Crippen molar-refractivity contribution in [1.82, 2.24) is 14.7 Å². The quantitative estimate of drug-likeness (QED) is 0.544. The van der Waals surface area contributed by atoms with Crippen molar-refractivity contribution >= 4 is 11.1 Å². The average Bonchev–Trinajstić information content (AvgIpc) is 3.20. The topological polar surface area (TPSA) is 74.1 Å². The molecule has 0 spiro atoms. The highest BCUT2D eigenvalue weighted by molar-refractivity contribution is 5.79. The SMILES string of the molecule is Cc1ccc(-c2nc(-c3ccc4c(c3)oc(=O)n4C(C)C)no2)cc1C. The second-order valence-corrected chi connectivity index (χ2v) is 6.74. The van der Waals surface area contributed by atoms with Crippen LogP contribution in [-0.4, -0.2) is 14.7 Å². The molecular formula is C20H19N3O3. The van der Waals surface area contributed by atoms with Crippen molar-refractivity contribution in [2.45, 2.75) is 33.7 Å². The Bertz CT molecular complexity index is 1160. The molecule has 0 unspecified atom stereocenters. The van der Waals surface area contributed by atoms with Gasteiger partial charge in [-0.05, 0) is 69.2 Å². The molecule has 0 aliphatic rings. The summed E-state index contributed by atoms with van der Waals surface area (Å²) in [6.07, 6.45) is 0. The Kier molecular flexibility index (Phi) is 3.76. The van der Waals surface area contributed by atoms with Crippen LogP contribution in [0.1, 0.15) is 31.0 Å². The Morgan fingerprint density at radius 1 is 1.00 bits per heavy atom. The van der Waals surface area contributed by atoms with Gasteiger partial charge in [-0.1, -0.05) is 11.2 Å². The van der Waals surface area contributed by atoms with Crippen molar-refractivity contribution < 1.29 is 8.94 Å². The number of nitrogens with zero attached hydrogens (tertiary/aromatic N) is 3. The molecule has 0 amide bonds. The Hall–Kier alpha value is -3.15. The van der Waals surface area contributed by atoms with Crippen LogP contribution >= 0.6 is 0 Å². The molecule has 0 aliphatic carbocycles. The van der Waals surface area contributed by atoms with E-state index in [4.69, 9.17) is 8.94 Å². The molecule has 0 radical (unpaired) electrons. The minimum Gasteiger partial charge on any atom is -0.408 e. The molecule has 0 saturated heterocycles. The lowest BCUT2D eigenvalue weighted by Gasteiger charge is -2.04. The Morgan fingerprint density at radius 3 is 2.50 bits per heavy atom. The zero-order chi connectivity index (χ0) is 18.4. The predicted molar refractivity (Wildman–Crippen MR) is 99.1 cm³/mol. The fourth-order valence-electron chi connectivity index (χ4n) is 3.00. The zero-order valence-corrected chi connectivity index (χ0v) is 15.1. The van der Waals surface area contributed by atoms with Crippen LogP contribution in [0.3, 0.4) is 0 Å². The molecule has 0 aliphatic heterocycles. The first-order chi connectivity index (χ1) is 12.4. The highest BCUT2D eigenvalue weighted by atomic mass is 16.5. The van der Waals surface area contributed by atoms with Crippen LogP contribution in [0.15, 0.2) is 50.1 Å². The van der Waals surface area contributed by atoms with Gasteiger partial charge in [0.1, 0.15) is 0 Å². The number of rotatable bonds is 3. The molecule has 26 heavy (non-hydrogen) atoms. The summed E-state index contributed by atoms with van der Waals surface area (Å²) < 4.78 is 12.4.